The lowest BCUT2D eigenvalue weighted by Crippen LogP contribution is -2.59. The third-order valence-electron chi connectivity index (χ3n) is 5.66. The van der Waals surface area contributed by atoms with Crippen molar-refractivity contribution in [3.05, 3.63) is 11.5 Å². The lowest BCUT2D eigenvalue weighted by molar-refractivity contribution is -0.198. The predicted molar refractivity (Wildman–Crippen MR) is 77.0 cm³/mol. The molecule has 2 fully saturated rings. The van der Waals surface area contributed by atoms with Gasteiger partial charge in [-0.1, -0.05) is 25.7 Å². The molecule has 0 amide bonds. The van der Waals surface area contributed by atoms with E-state index >= 15 is 0 Å². The number of hydrogen-bond acceptors (Lipinski definition) is 6. The fraction of sp³-hybridized carbons (Fsp3) is 0.812. The van der Waals surface area contributed by atoms with Gasteiger partial charge in [-0.25, -0.2) is 4.79 Å². The highest BCUT2D eigenvalue weighted by molar-refractivity contribution is 5.89. The van der Waals surface area contributed by atoms with Crippen LogP contribution in [0, 0.1) is 11.8 Å². The minimum Gasteiger partial charge on any atom is -0.505 e. The van der Waals surface area contributed by atoms with E-state index in [4.69, 9.17) is 4.74 Å². The lowest BCUT2D eigenvalue weighted by atomic mass is 9.72. The molecule has 0 saturated heterocycles. The van der Waals surface area contributed by atoms with Crippen LogP contribution in [-0.4, -0.2) is 44.2 Å². The largest absolute Gasteiger partial charge is 0.505 e. The summed E-state index contributed by atoms with van der Waals surface area (Å²) in [6, 6.07) is 0. The van der Waals surface area contributed by atoms with Gasteiger partial charge in [-0.3, -0.25) is 0 Å². The molecule has 22 heavy (non-hydrogen) atoms. The first-order valence-electron chi connectivity index (χ1n) is 8.19. The van der Waals surface area contributed by atoms with Crippen molar-refractivity contribution in [1.82, 2.24) is 0 Å². The summed E-state index contributed by atoms with van der Waals surface area (Å²) >= 11 is 0. The van der Waals surface area contributed by atoms with Gasteiger partial charge in [-0.15, -0.1) is 0 Å². The molecule has 0 aromatic carbocycles. The Morgan fingerprint density at radius 2 is 1.59 bits per heavy atom. The van der Waals surface area contributed by atoms with Gasteiger partial charge in [-0.05, 0) is 37.5 Å². The van der Waals surface area contributed by atoms with Gasteiger partial charge in [0.25, 0.3) is 0 Å². The molecule has 1 aliphatic heterocycles. The number of carbonyl (C=O) groups excluding carboxylic acids is 1. The zero-order valence-corrected chi connectivity index (χ0v) is 12.6. The van der Waals surface area contributed by atoms with Crippen LogP contribution in [0.1, 0.15) is 51.4 Å². The predicted octanol–water partition coefficient (Wildman–Crippen LogP) is 1.71. The maximum Gasteiger partial charge on any atom is 0.378 e. The summed E-state index contributed by atoms with van der Waals surface area (Å²) in [5, 5.41) is 41.7. The van der Waals surface area contributed by atoms with E-state index in [0.29, 0.717) is 12.8 Å². The van der Waals surface area contributed by atoms with E-state index in [1.54, 1.807) is 0 Å². The SMILES string of the molecule is O=C1O[C@H]([C@](O)(C2CCCC2)C(O)C2CCCC2)C(O)=C1O. The zero-order chi connectivity index (χ0) is 15.9. The van der Waals surface area contributed by atoms with Crippen LogP contribution in [-0.2, 0) is 9.53 Å². The molecule has 3 rings (SSSR count). The van der Waals surface area contributed by atoms with Crippen LogP contribution in [0.3, 0.4) is 0 Å². The molecule has 0 aromatic rings. The molecule has 0 spiro atoms. The van der Waals surface area contributed by atoms with Gasteiger partial charge in [0, 0.05) is 0 Å². The first-order valence-corrected chi connectivity index (χ1v) is 8.19. The average molecular weight is 312 g/mol. The van der Waals surface area contributed by atoms with Crippen molar-refractivity contribution in [3.63, 3.8) is 0 Å². The Balaban J connectivity index is 1.94. The molecule has 0 aromatic heterocycles. The van der Waals surface area contributed by atoms with Gasteiger partial charge in [0.05, 0.1) is 6.10 Å². The number of aliphatic hydroxyl groups excluding tert-OH is 3. The molecular weight excluding hydrogens is 288 g/mol. The number of rotatable bonds is 4. The molecule has 1 heterocycles. The highest BCUT2D eigenvalue weighted by Gasteiger charge is 2.58. The van der Waals surface area contributed by atoms with Crippen LogP contribution in [0.25, 0.3) is 0 Å². The normalized spacial score (nSPS) is 31.5. The van der Waals surface area contributed by atoms with E-state index in [1.165, 1.54) is 0 Å². The van der Waals surface area contributed by atoms with Gasteiger partial charge >= 0.3 is 5.97 Å². The molecule has 6 heteroatoms. The van der Waals surface area contributed by atoms with Gasteiger partial charge in [-0.2, -0.15) is 0 Å². The van der Waals surface area contributed by atoms with Crippen molar-refractivity contribution in [1.29, 1.82) is 0 Å². The summed E-state index contributed by atoms with van der Waals surface area (Å²) in [5.41, 5.74) is -1.74. The van der Waals surface area contributed by atoms with Gasteiger partial charge in [0.1, 0.15) is 5.60 Å². The lowest BCUT2D eigenvalue weighted by Gasteiger charge is -2.43. The third-order valence-corrected chi connectivity index (χ3v) is 5.66. The average Bonchev–Trinajstić information content (AvgIpc) is 3.25. The van der Waals surface area contributed by atoms with Crippen molar-refractivity contribution in [2.24, 2.45) is 11.8 Å². The van der Waals surface area contributed by atoms with Crippen LogP contribution in [0.4, 0.5) is 0 Å². The van der Waals surface area contributed by atoms with E-state index < -0.39 is 35.3 Å². The first-order chi connectivity index (χ1) is 10.5. The zero-order valence-electron chi connectivity index (χ0n) is 12.6. The molecule has 0 radical (unpaired) electrons. The van der Waals surface area contributed by atoms with Crippen molar-refractivity contribution < 1.29 is 30.0 Å². The fourth-order valence-corrected chi connectivity index (χ4v) is 4.41. The second-order valence-electron chi connectivity index (χ2n) is 6.88. The molecule has 6 nitrogen and oxygen atoms in total. The molecule has 1 unspecified atom stereocenters. The molecule has 2 aliphatic carbocycles. The van der Waals surface area contributed by atoms with Gasteiger partial charge in [0.15, 0.2) is 11.9 Å². The second kappa shape index (κ2) is 5.74. The highest BCUT2D eigenvalue weighted by Crippen LogP contribution is 2.46. The van der Waals surface area contributed by atoms with Gasteiger partial charge < -0.3 is 25.2 Å². The Bertz CT molecular complexity index is 475. The van der Waals surface area contributed by atoms with Crippen molar-refractivity contribution >= 4 is 5.97 Å². The molecule has 124 valence electrons. The molecule has 2 saturated carbocycles. The summed E-state index contributed by atoms with van der Waals surface area (Å²) in [6.07, 6.45) is 4.46. The standard InChI is InChI=1S/C16H24O6/c17-11-12(18)15(20)22-14(11)16(21,10-7-3-4-8-10)13(19)9-5-1-2-6-9/h9-10,13-14,17-19,21H,1-8H2/t13?,14-,16-/m0/s1. The summed E-state index contributed by atoms with van der Waals surface area (Å²) in [4.78, 5) is 11.5. The summed E-state index contributed by atoms with van der Waals surface area (Å²) < 4.78 is 5.02. The van der Waals surface area contributed by atoms with E-state index in [1.807, 2.05) is 0 Å². The van der Waals surface area contributed by atoms with Gasteiger partial charge in [0.2, 0.25) is 5.76 Å². The van der Waals surface area contributed by atoms with Crippen LogP contribution >= 0.6 is 0 Å². The summed E-state index contributed by atoms with van der Waals surface area (Å²) in [5.74, 6) is -2.89. The monoisotopic (exact) mass is 312 g/mol. The Hall–Kier alpha value is -1.27. The number of aliphatic hydroxyl groups is 4. The van der Waals surface area contributed by atoms with Crippen molar-refractivity contribution in [2.45, 2.75) is 69.2 Å². The van der Waals surface area contributed by atoms with Crippen LogP contribution in [0.2, 0.25) is 0 Å². The Labute approximate surface area is 129 Å². The van der Waals surface area contributed by atoms with E-state index in [0.717, 1.165) is 38.5 Å². The first kappa shape index (κ1) is 15.6. The Morgan fingerprint density at radius 3 is 2.09 bits per heavy atom. The molecular formula is C16H24O6. The number of carbonyl (C=O) groups is 1. The molecule has 4 N–H and O–H groups in total. The maximum atomic E-state index is 11.5. The fourth-order valence-electron chi connectivity index (χ4n) is 4.41. The Kier molecular flexibility index (Phi) is 4.07. The van der Waals surface area contributed by atoms with E-state index in [-0.39, 0.29) is 11.8 Å². The molecule has 3 atom stereocenters. The van der Waals surface area contributed by atoms with Crippen molar-refractivity contribution in [3.8, 4) is 0 Å². The smallest absolute Gasteiger partial charge is 0.378 e. The highest BCUT2D eigenvalue weighted by atomic mass is 16.6. The molecule has 0 bridgehead atoms. The minimum absolute atomic E-state index is 0.0696. The number of ether oxygens (including phenoxy) is 1. The second-order valence-corrected chi connectivity index (χ2v) is 6.88. The van der Waals surface area contributed by atoms with Crippen LogP contribution < -0.4 is 0 Å². The summed E-state index contributed by atoms with van der Waals surface area (Å²) in [6.45, 7) is 0. The van der Waals surface area contributed by atoms with Crippen LogP contribution in [0.5, 0.6) is 0 Å². The summed E-state index contributed by atoms with van der Waals surface area (Å²) in [7, 11) is 0. The maximum absolute atomic E-state index is 11.5. The topological polar surface area (TPSA) is 107 Å². The van der Waals surface area contributed by atoms with Crippen LogP contribution in [0.15, 0.2) is 11.5 Å². The third kappa shape index (κ3) is 2.29. The number of esters is 1. The number of hydrogen-bond donors (Lipinski definition) is 4. The van der Waals surface area contributed by atoms with E-state index in [2.05, 4.69) is 0 Å². The quantitative estimate of drug-likeness (QED) is 0.589. The number of cyclic esters (lactones) is 1. The van der Waals surface area contributed by atoms with Crippen molar-refractivity contribution in [2.75, 3.05) is 0 Å². The van der Waals surface area contributed by atoms with E-state index in [9.17, 15) is 25.2 Å². The molecule has 3 aliphatic rings. The Morgan fingerprint density at radius 1 is 1.05 bits per heavy atom. The minimum atomic E-state index is -1.74.